The van der Waals surface area contributed by atoms with E-state index in [1.807, 2.05) is 0 Å². The van der Waals surface area contributed by atoms with Crippen molar-refractivity contribution in [3.05, 3.63) is 0 Å². The van der Waals surface area contributed by atoms with Crippen molar-refractivity contribution in [2.24, 2.45) is 23.0 Å². The summed E-state index contributed by atoms with van der Waals surface area (Å²) >= 11 is 0. The van der Waals surface area contributed by atoms with E-state index in [4.69, 9.17) is 5.73 Å². The van der Waals surface area contributed by atoms with Crippen LogP contribution in [0.4, 0.5) is 0 Å². The van der Waals surface area contributed by atoms with Gasteiger partial charge in [-0.15, -0.1) is 0 Å². The molecule has 4 heteroatoms. The molecule has 3 fully saturated rings. The van der Waals surface area contributed by atoms with Gasteiger partial charge in [-0.25, -0.2) is 0 Å². The molecule has 4 nitrogen and oxygen atoms in total. The number of nitrogens with two attached hydrogens (primary N) is 1. The highest BCUT2D eigenvalue weighted by Crippen LogP contribution is 2.40. The lowest BCUT2D eigenvalue weighted by Gasteiger charge is -2.43. The van der Waals surface area contributed by atoms with Gasteiger partial charge < -0.3 is 20.6 Å². The highest BCUT2D eigenvalue weighted by molar-refractivity contribution is 5.02. The third-order valence-corrected chi connectivity index (χ3v) is 6.66. The molecule has 0 amide bonds. The normalized spacial score (nSPS) is 33.5. The fourth-order valence-electron chi connectivity index (χ4n) is 3.96. The molecule has 0 radical (unpaired) electrons. The predicted molar refractivity (Wildman–Crippen MR) is 102 cm³/mol. The van der Waals surface area contributed by atoms with E-state index in [1.165, 1.54) is 32.4 Å². The molecule has 3 N–H and O–H groups in total. The second-order valence-electron chi connectivity index (χ2n) is 9.72. The number of likely N-dealkylation sites (tertiary alicyclic amines) is 2. The Morgan fingerprint density at radius 1 is 1.04 bits per heavy atom. The Balaban J connectivity index is 0.000000174. The minimum Gasteiger partial charge on any atom is -0.396 e. The molecule has 0 bridgehead atoms. The maximum Gasteiger partial charge on any atom is 0.0500 e. The largest absolute Gasteiger partial charge is 0.396 e. The van der Waals surface area contributed by atoms with Gasteiger partial charge in [-0.2, -0.15) is 0 Å². The molecule has 2 atom stereocenters. The van der Waals surface area contributed by atoms with Gasteiger partial charge in [-0.05, 0) is 58.8 Å². The first-order chi connectivity index (χ1) is 11.1. The number of hydrogen-bond acceptors (Lipinski definition) is 4. The quantitative estimate of drug-likeness (QED) is 0.808. The fraction of sp³-hybridized carbons (Fsp3) is 1.00. The summed E-state index contributed by atoms with van der Waals surface area (Å²) in [6, 6.07) is 1.34. The van der Waals surface area contributed by atoms with Crippen LogP contribution < -0.4 is 5.73 Å². The van der Waals surface area contributed by atoms with Crippen molar-refractivity contribution in [2.45, 2.75) is 78.4 Å². The Bertz CT molecular complexity index is 402. The van der Waals surface area contributed by atoms with Crippen molar-refractivity contribution in [1.82, 2.24) is 9.80 Å². The number of nitrogens with zero attached hydrogens (tertiary/aromatic N) is 2. The van der Waals surface area contributed by atoms with Gasteiger partial charge in [0.05, 0.1) is 0 Å². The smallest absolute Gasteiger partial charge is 0.0500 e. The molecule has 2 saturated heterocycles. The van der Waals surface area contributed by atoms with Crippen LogP contribution in [0.15, 0.2) is 0 Å². The van der Waals surface area contributed by atoms with Crippen molar-refractivity contribution in [1.29, 1.82) is 0 Å². The van der Waals surface area contributed by atoms with E-state index in [9.17, 15) is 5.11 Å². The van der Waals surface area contributed by atoms with E-state index in [2.05, 4.69) is 51.3 Å². The Labute approximate surface area is 149 Å². The lowest BCUT2D eigenvalue weighted by Crippen LogP contribution is -2.52. The average molecular weight is 340 g/mol. The van der Waals surface area contributed by atoms with Crippen LogP contribution in [0.5, 0.6) is 0 Å². The average Bonchev–Trinajstić information content (AvgIpc) is 3.11. The van der Waals surface area contributed by atoms with E-state index in [0.29, 0.717) is 18.6 Å². The Morgan fingerprint density at radius 2 is 1.58 bits per heavy atom. The standard InChI is InChI=1S/C10H20N2.C10H21NO/c1-8(2)12-6-9(7-12)5-10(11)3-4-10;1-8(2)11-5-9(3)10(4,6-11)7-12/h8-9H,3-7,11H2,1-2H3;8-9,12H,5-7H2,1-4H3. The summed E-state index contributed by atoms with van der Waals surface area (Å²) in [6.45, 7) is 18.5. The van der Waals surface area contributed by atoms with E-state index in [1.54, 1.807) is 0 Å². The van der Waals surface area contributed by atoms with Gasteiger partial charge in [-0.1, -0.05) is 13.8 Å². The zero-order valence-corrected chi connectivity index (χ0v) is 16.9. The molecule has 1 aliphatic carbocycles. The number of aliphatic hydroxyl groups excluding tert-OH is 1. The van der Waals surface area contributed by atoms with Gasteiger partial charge in [0.2, 0.25) is 0 Å². The van der Waals surface area contributed by atoms with E-state index >= 15 is 0 Å². The zero-order chi connectivity index (χ0) is 18.1. The maximum atomic E-state index is 9.27. The summed E-state index contributed by atoms with van der Waals surface area (Å²) in [5.74, 6) is 1.52. The second-order valence-corrected chi connectivity index (χ2v) is 9.72. The first-order valence-corrected chi connectivity index (χ1v) is 9.96. The van der Waals surface area contributed by atoms with Crippen LogP contribution in [0.3, 0.4) is 0 Å². The number of hydrogen-bond donors (Lipinski definition) is 2. The maximum absolute atomic E-state index is 9.27. The summed E-state index contributed by atoms with van der Waals surface area (Å²) in [7, 11) is 0. The summed E-state index contributed by atoms with van der Waals surface area (Å²) in [6.07, 6.45) is 3.81. The fourth-order valence-corrected chi connectivity index (χ4v) is 3.96. The summed E-state index contributed by atoms with van der Waals surface area (Å²) in [4.78, 5) is 4.97. The Morgan fingerprint density at radius 3 is 1.92 bits per heavy atom. The number of rotatable bonds is 5. The third-order valence-electron chi connectivity index (χ3n) is 6.66. The first kappa shape index (κ1) is 20.2. The van der Waals surface area contributed by atoms with Crippen LogP contribution in [0.1, 0.15) is 60.8 Å². The minimum absolute atomic E-state index is 0.129. The molecule has 142 valence electrons. The highest BCUT2D eigenvalue weighted by atomic mass is 16.3. The SMILES string of the molecule is CC(C)N1CC(C)C(C)(CO)C1.CC(C)N1CC(CC2(N)CC2)C1. The van der Waals surface area contributed by atoms with Crippen LogP contribution in [-0.4, -0.2) is 65.3 Å². The van der Waals surface area contributed by atoms with Gasteiger partial charge in [-0.3, -0.25) is 0 Å². The molecule has 0 aromatic carbocycles. The van der Waals surface area contributed by atoms with Crippen molar-refractivity contribution < 1.29 is 5.11 Å². The Hall–Kier alpha value is -0.160. The minimum atomic E-state index is 0.129. The molecule has 0 aromatic heterocycles. The second kappa shape index (κ2) is 7.61. The summed E-state index contributed by atoms with van der Waals surface area (Å²) in [5.41, 5.74) is 6.46. The van der Waals surface area contributed by atoms with E-state index in [0.717, 1.165) is 25.0 Å². The zero-order valence-electron chi connectivity index (χ0n) is 16.9. The molecule has 1 saturated carbocycles. The summed E-state index contributed by atoms with van der Waals surface area (Å²) in [5, 5.41) is 9.27. The molecule has 3 aliphatic rings. The van der Waals surface area contributed by atoms with Crippen LogP contribution in [0.2, 0.25) is 0 Å². The first-order valence-electron chi connectivity index (χ1n) is 9.96. The lowest BCUT2D eigenvalue weighted by atomic mass is 9.82. The van der Waals surface area contributed by atoms with Gasteiger partial charge in [0.15, 0.2) is 0 Å². The summed E-state index contributed by atoms with van der Waals surface area (Å²) < 4.78 is 0. The molecule has 24 heavy (non-hydrogen) atoms. The van der Waals surface area contributed by atoms with Gasteiger partial charge in [0, 0.05) is 55.8 Å². The molecule has 3 rings (SSSR count). The molecular formula is C20H41N3O. The van der Waals surface area contributed by atoms with Crippen LogP contribution >= 0.6 is 0 Å². The van der Waals surface area contributed by atoms with Crippen LogP contribution in [0, 0.1) is 17.3 Å². The van der Waals surface area contributed by atoms with Crippen LogP contribution in [-0.2, 0) is 0 Å². The molecule has 0 aromatic rings. The van der Waals surface area contributed by atoms with Crippen molar-refractivity contribution >= 4 is 0 Å². The van der Waals surface area contributed by atoms with Gasteiger partial charge in [0.1, 0.15) is 0 Å². The number of aliphatic hydroxyl groups is 1. The van der Waals surface area contributed by atoms with Crippen molar-refractivity contribution in [2.75, 3.05) is 32.8 Å². The molecule has 2 heterocycles. The topological polar surface area (TPSA) is 52.7 Å². The van der Waals surface area contributed by atoms with Crippen molar-refractivity contribution in [3.8, 4) is 0 Å². The monoisotopic (exact) mass is 339 g/mol. The third kappa shape index (κ3) is 4.94. The molecule has 0 spiro atoms. The van der Waals surface area contributed by atoms with Gasteiger partial charge >= 0.3 is 0 Å². The lowest BCUT2D eigenvalue weighted by molar-refractivity contribution is 0.0570. The van der Waals surface area contributed by atoms with Crippen molar-refractivity contribution in [3.63, 3.8) is 0 Å². The Kier molecular flexibility index (Phi) is 6.39. The van der Waals surface area contributed by atoms with E-state index in [-0.39, 0.29) is 11.0 Å². The molecule has 2 unspecified atom stereocenters. The van der Waals surface area contributed by atoms with Crippen LogP contribution in [0.25, 0.3) is 0 Å². The molecule has 2 aliphatic heterocycles. The predicted octanol–water partition coefficient (Wildman–Crippen LogP) is 2.55. The van der Waals surface area contributed by atoms with E-state index < -0.39 is 0 Å². The highest BCUT2D eigenvalue weighted by Gasteiger charge is 2.43. The molecular weight excluding hydrogens is 298 g/mol. The van der Waals surface area contributed by atoms with Gasteiger partial charge in [0.25, 0.3) is 0 Å².